The largest absolute Gasteiger partial charge is 0.349 e. The molecule has 1 N–H and O–H groups in total. The summed E-state index contributed by atoms with van der Waals surface area (Å²) in [5, 5.41) is 3.87. The van der Waals surface area contributed by atoms with Crippen LogP contribution in [0.15, 0.2) is 76.5 Å². The second-order valence-corrected chi connectivity index (χ2v) is 10.7. The molecule has 0 aromatic heterocycles. The smallest absolute Gasteiger partial charge is 0.259 e. The lowest BCUT2D eigenvalue weighted by Crippen LogP contribution is -2.41. The fourth-order valence-corrected chi connectivity index (χ4v) is 6.09. The highest BCUT2D eigenvalue weighted by molar-refractivity contribution is 7.99. The molecule has 3 aromatic rings. The van der Waals surface area contributed by atoms with Crippen molar-refractivity contribution in [1.29, 1.82) is 0 Å². The monoisotopic (exact) mass is 490 g/mol. The summed E-state index contributed by atoms with van der Waals surface area (Å²) in [6.07, 6.45) is 4.54. The van der Waals surface area contributed by atoms with Crippen LogP contribution in [-0.4, -0.2) is 17.9 Å². The van der Waals surface area contributed by atoms with Gasteiger partial charge in [-0.1, -0.05) is 67.4 Å². The summed E-state index contributed by atoms with van der Waals surface area (Å²) in [6, 6.07) is 21.1. The Morgan fingerprint density at radius 1 is 1.03 bits per heavy atom. The van der Waals surface area contributed by atoms with E-state index in [2.05, 4.69) is 12.2 Å². The summed E-state index contributed by atoms with van der Waals surface area (Å²) in [5.74, 6) is 0.313. The Morgan fingerprint density at radius 3 is 2.68 bits per heavy atom. The first-order valence-corrected chi connectivity index (χ1v) is 13.0. The van der Waals surface area contributed by atoms with Crippen molar-refractivity contribution in [1.82, 2.24) is 5.32 Å². The Labute approximate surface area is 209 Å². The van der Waals surface area contributed by atoms with E-state index in [1.807, 2.05) is 66.7 Å². The predicted molar refractivity (Wildman–Crippen MR) is 138 cm³/mol. The molecule has 2 amide bonds. The zero-order valence-corrected chi connectivity index (χ0v) is 20.7. The molecule has 1 fully saturated rings. The zero-order chi connectivity index (χ0) is 23.7. The minimum absolute atomic E-state index is 0.0801. The molecule has 0 radical (unpaired) electrons. The van der Waals surface area contributed by atoms with Crippen LogP contribution in [0.1, 0.15) is 58.9 Å². The predicted octanol–water partition coefficient (Wildman–Crippen LogP) is 6.96. The number of anilines is 1. The van der Waals surface area contributed by atoms with Gasteiger partial charge in [-0.2, -0.15) is 0 Å². The topological polar surface area (TPSA) is 49.4 Å². The molecule has 0 bridgehead atoms. The van der Waals surface area contributed by atoms with Crippen molar-refractivity contribution in [3.05, 3.63) is 88.4 Å². The van der Waals surface area contributed by atoms with Gasteiger partial charge in [0.2, 0.25) is 0 Å². The van der Waals surface area contributed by atoms with Crippen molar-refractivity contribution >= 4 is 40.9 Å². The van der Waals surface area contributed by atoms with Crippen LogP contribution in [0.4, 0.5) is 5.69 Å². The number of halogens is 1. The quantitative estimate of drug-likeness (QED) is 0.430. The molecule has 0 spiro atoms. The fraction of sp³-hybridized carbons (Fsp3) is 0.286. The summed E-state index contributed by atoms with van der Waals surface area (Å²) in [4.78, 5) is 30.5. The Bertz CT molecular complexity index is 1240. The van der Waals surface area contributed by atoms with Crippen molar-refractivity contribution in [3.8, 4) is 0 Å². The van der Waals surface area contributed by atoms with Gasteiger partial charge in [-0.3, -0.25) is 9.59 Å². The number of benzene rings is 3. The van der Waals surface area contributed by atoms with E-state index in [1.165, 1.54) is 6.42 Å². The number of nitrogens with zero attached hydrogens (tertiary/aromatic N) is 1. The van der Waals surface area contributed by atoms with E-state index in [-0.39, 0.29) is 17.9 Å². The van der Waals surface area contributed by atoms with Crippen molar-refractivity contribution in [2.45, 2.75) is 55.0 Å². The van der Waals surface area contributed by atoms with E-state index < -0.39 is 0 Å². The maximum absolute atomic E-state index is 13.7. The van der Waals surface area contributed by atoms with Crippen molar-refractivity contribution < 1.29 is 9.59 Å². The lowest BCUT2D eigenvalue weighted by molar-refractivity contribution is 0.0908. The molecule has 4 nitrogen and oxygen atoms in total. The molecule has 1 heterocycles. The second kappa shape index (κ2) is 9.85. The summed E-state index contributed by atoms with van der Waals surface area (Å²) in [5.41, 5.74) is 2.91. The maximum Gasteiger partial charge on any atom is 0.259 e. The molecule has 1 aliphatic heterocycles. The SMILES string of the molecule is CC1CCCCC1NC(=O)c1ccc2c(c1)N(Cc1cccc(Cl)c1)C(=O)c1ccccc1S2. The van der Waals surface area contributed by atoms with Crippen molar-refractivity contribution in [2.75, 3.05) is 4.90 Å². The van der Waals surface area contributed by atoms with Gasteiger partial charge in [0.05, 0.1) is 17.8 Å². The van der Waals surface area contributed by atoms with Gasteiger partial charge in [0.15, 0.2) is 0 Å². The molecular formula is C28H27ClN2O2S. The number of nitrogens with one attached hydrogen (secondary N) is 1. The zero-order valence-electron chi connectivity index (χ0n) is 19.1. The summed E-state index contributed by atoms with van der Waals surface area (Å²) < 4.78 is 0. The third kappa shape index (κ3) is 4.73. The van der Waals surface area contributed by atoms with Gasteiger partial charge in [-0.15, -0.1) is 0 Å². The second-order valence-electron chi connectivity index (χ2n) is 9.14. The van der Waals surface area contributed by atoms with Gasteiger partial charge in [-0.25, -0.2) is 0 Å². The minimum Gasteiger partial charge on any atom is -0.349 e. The van der Waals surface area contributed by atoms with Gasteiger partial charge >= 0.3 is 0 Å². The summed E-state index contributed by atoms with van der Waals surface area (Å²) in [7, 11) is 0. The third-order valence-electron chi connectivity index (χ3n) is 6.75. The summed E-state index contributed by atoms with van der Waals surface area (Å²) in [6.45, 7) is 2.58. The van der Waals surface area contributed by atoms with Crippen LogP contribution in [0.5, 0.6) is 0 Å². The number of fused-ring (bicyclic) bond motifs is 2. The lowest BCUT2D eigenvalue weighted by atomic mass is 9.86. The van der Waals surface area contributed by atoms with Crippen LogP contribution in [0.25, 0.3) is 0 Å². The van der Waals surface area contributed by atoms with Crippen LogP contribution < -0.4 is 10.2 Å². The molecular weight excluding hydrogens is 464 g/mol. The molecule has 5 rings (SSSR count). The minimum atomic E-state index is -0.0831. The van der Waals surface area contributed by atoms with E-state index in [1.54, 1.807) is 16.7 Å². The van der Waals surface area contributed by atoms with Crippen molar-refractivity contribution in [3.63, 3.8) is 0 Å². The molecule has 174 valence electrons. The van der Waals surface area contributed by atoms with E-state index in [9.17, 15) is 9.59 Å². The van der Waals surface area contributed by atoms with Crippen LogP contribution in [0.3, 0.4) is 0 Å². The van der Waals surface area contributed by atoms with E-state index >= 15 is 0 Å². The molecule has 6 heteroatoms. The van der Waals surface area contributed by atoms with Crippen LogP contribution >= 0.6 is 23.4 Å². The molecule has 2 aliphatic rings. The van der Waals surface area contributed by atoms with Gasteiger partial charge in [0.1, 0.15) is 0 Å². The molecule has 3 aromatic carbocycles. The molecule has 2 atom stereocenters. The number of carbonyl (C=O) groups excluding carboxylic acids is 2. The van der Waals surface area contributed by atoms with Gasteiger partial charge < -0.3 is 10.2 Å². The van der Waals surface area contributed by atoms with Crippen molar-refractivity contribution in [2.24, 2.45) is 5.92 Å². The number of carbonyl (C=O) groups is 2. The Kier molecular flexibility index (Phi) is 6.66. The Morgan fingerprint density at radius 2 is 1.85 bits per heavy atom. The van der Waals surface area contributed by atoms with E-state index in [0.29, 0.717) is 28.6 Å². The molecule has 1 saturated carbocycles. The average molecular weight is 491 g/mol. The molecule has 34 heavy (non-hydrogen) atoms. The fourth-order valence-electron chi connectivity index (χ4n) is 4.82. The molecule has 1 aliphatic carbocycles. The number of hydrogen-bond acceptors (Lipinski definition) is 3. The number of amides is 2. The first-order valence-electron chi connectivity index (χ1n) is 11.8. The maximum atomic E-state index is 13.7. The van der Waals surface area contributed by atoms with Gasteiger partial charge in [0.25, 0.3) is 11.8 Å². The lowest BCUT2D eigenvalue weighted by Gasteiger charge is -2.29. The third-order valence-corrected chi connectivity index (χ3v) is 8.13. The highest BCUT2D eigenvalue weighted by Gasteiger charge is 2.29. The van der Waals surface area contributed by atoms with E-state index in [0.717, 1.165) is 40.3 Å². The van der Waals surface area contributed by atoms with Crippen LogP contribution in [-0.2, 0) is 6.54 Å². The molecule has 2 unspecified atom stereocenters. The standard InChI is InChI=1S/C28H27ClN2O2S/c1-18-7-2-4-11-23(18)30-27(32)20-13-14-26-24(16-20)31(17-19-8-6-9-21(29)15-19)28(33)22-10-3-5-12-25(22)34-26/h3,5-6,8-10,12-16,18,23H,2,4,7,11,17H2,1H3,(H,30,32). The first kappa shape index (κ1) is 23.0. The number of hydrogen-bond donors (Lipinski definition) is 1. The van der Waals surface area contributed by atoms with E-state index in [4.69, 9.17) is 11.6 Å². The number of rotatable bonds is 4. The Hall–Kier alpha value is -2.76. The van der Waals surface area contributed by atoms with Crippen LogP contribution in [0.2, 0.25) is 5.02 Å². The summed E-state index contributed by atoms with van der Waals surface area (Å²) >= 11 is 7.78. The highest BCUT2D eigenvalue weighted by Crippen LogP contribution is 2.42. The Balaban J connectivity index is 1.52. The normalized spacial score (nSPS) is 19.7. The van der Waals surface area contributed by atoms with Gasteiger partial charge in [-0.05, 0) is 66.8 Å². The molecule has 0 saturated heterocycles. The average Bonchev–Trinajstić information content (AvgIpc) is 2.95. The highest BCUT2D eigenvalue weighted by atomic mass is 35.5. The first-order chi connectivity index (χ1) is 16.5. The van der Waals surface area contributed by atoms with Crippen LogP contribution in [0, 0.1) is 5.92 Å². The van der Waals surface area contributed by atoms with Gasteiger partial charge in [0, 0.05) is 26.4 Å².